The highest BCUT2D eigenvalue weighted by Gasteiger charge is 2.42. The highest BCUT2D eigenvalue weighted by atomic mass is 16.5. The molecule has 6 nitrogen and oxygen atoms in total. The van der Waals surface area contributed by atoms with E-state index in [0.717, 1.165) is 16.5 Å². The average Bonchev–Trinajstić information content (AvgIpc) is 3.26. The maximum Gasteiger partial charge on any atom is 0.230 e. The van der Waals surface area contributed by atoms with Crippen LogP contribution in [0.3, 0.4) is 0 Å². The van der Waals surface area contributed by atoms with Gasteiger partial charge < -0.3 is 19.9 Å². The Morgan fingerprint density at radius 1 is 1.22 bits per heavy atom. The number of hydrogen-bond donors (Lipinski definition) is 2. The topological polar surface area (TPSA) is 74.4 Å². The Hall–Kier alpha value is -3.28. The van der Waals surface area contributed by atoms with Crippen molar-refractivity contribution in [2.75, 3.05) is 19.5 Å². The first kappa shape index (κ1) is 17.1. The second kappa shape index (κ2) is 6.79. The minimum absolute atomic E-state index is 0.0391. The molecule has 2 amide bonds. The molecule has 3 aromatic rings. The second-order valence-corrected chi connectivity index (χ2v) is 6.81. The summed E-state index contributed by atoms with van der Waals surface area (Å²) in [5, 5.41) is 4.05. The number of nitrogens with zero attached hydrogens (tertiary/aromatic N) is 1. The Balaban J connectivity index is 1.61. The number of anilines is 1. The molecule has 0 bridgehead atoms. The lowest BCUT2D eigenvalue weighted by Gasteiger charge is -2.25. The van der Waals surface area contributed by atoms with Gasteiger partial charge in [0.1, 0.15) is 5.75 Å². The summed E-state index contributed by atoms with van der Waals surface area (Å²) in [5.41, 5.74) is 2.56. The molecule has 1 aliphatic rings. The third-order valence-electron chi connectivity index (χ3n) is 5.18. The summed E-state index contributed by atoms with van der Waals surface area (Å²) >= 11 is 0. The van der Waals surface area contributed by atoms with Crippen LogP contribution in [0, 0.1) is 5.92 Å². The molecule has 0 aliphatic carbocycles. The number of methoxy groups -OCH3 is 1. The van der Waals surface area contributed by atoms with Gasteiger partial charge in [0.15, 0.2) is 0 Å². The molecule has 2 heterocycles. The summed E-state index contributed by atoms with van der Waals surface area (Å²) in [7, 11) is 3.34. The average molecular weight is 363 g/mol. The molecule has 6 heteroatoms. The minimum atomic E-state index is -0.464. The van der Waals surface area contributed by atoms with Gasteiger partial charge in [-0.3, -0.25) is 9.59 Å². The van der Waals surface area contributed by atoms with E-state index in [0.29, 0.717) is 11.4 Å². The van der Waals surface area contributed by atoms with Crippen LogP contribution in [0.2, 0.25) is 0 Å². The predicted molar refractivity (Wildman–Crippen MR) is 104 cm³/mol. The number of rotatable bonds is 4. The summed E-state index contributed by atoms with van der Waals surface area (Å²) in [6.07, 6.45) is 2.05. The molecule has 0 saturated carbocycles. The number of hydrogen-bond acceptors (Lipinski definition) is 3. The lowest BCUT2D eigenvalue weighted by atomic mass is 9.92. The van der Waals surface area contributed by atoms with E-state index in [1.807, 2.05) is 54.7 Å². The first-order valence-electron chi connectivity index (χ1n) is 8.84. The van der Waals surface area contributed by atoms with E-state index in [-0.39, 0.29) is 24.3 Å². The fourth-order valence-electron chi connectivity index (χ4n) is 3.75. The molecule has 0 radical (unpaired) electrons. The monoisotopic (exact) mass is 363 g/mol. The van der Waals surface area contributed by atoms with Crippen molar-refractivity contribution in [2.24, 2.45) is 5.92 Å². The Morgan fingerprint density at radius 3 is 2.89 bits per heavy atom. The molecule has 1 aromatic heterocycles. The molecule has 0 unspecified atom stereocenters. The Bertz CT molecular complexity index is 1010. The third-order valence-corrected chi connectivity index (χ3v) is 5.18. The minimum Gasteiger partial charge on any atom is -0.497 e. The van der Waals surface area contributed by atoms with E-state index in [2.05, 4.69) is 10.3 Å². The van der Waals surface area contributed by atoms with E-state index < -0.39 is 5.92 Å². The highest BCUT2D eigenvalue weighted by molar-refractivity contribution is 5.99. The van der Waals surface area contributed by atoms with Crippen molar-refractivity contribution < 1.29 is 14.3 Å². The number of likely N-dealkylation sites (tertiary alicyclic amines) is 1. The maximum absolute atomic E-state index is 13.0. The first-order chi connectivity index (χ1) is 13.1. The molecule has 2 N–H and O–H groups in total. The van der Waals surface area contributed by atoms with Crippen LogP contribution in [0.25, 0.3) is 10.9 Å². The predicted octanol–water partition coefficient (Wildman–Crippen LogP) is 3.33. The molecular formula is C21H21N3O3. The zero-order chi connectivity index (χ0) is 19.0. The summed E-state index contributed by atoms with van der Waals surface area (Å²) in [4.78, 5) is 30.1. The van der Waals surface area contributed by atoms with E-state index in [1.165, 1.54) is 0 Å². The van der Waals surface area contributed by atoms with Crippen LogP contribution in [-0.2, 0) is 9.59 Å². The van der Waals surface area contributed by atoms with Gasteiger partial charge in [-0.15, -0.1) is 0 Å². The van der Waals surface area contributed by atoms with Crippen molar-refractivity contribution in [3.8, 4) is 5.75 Å². The number of amides is 2. The van der Waals surface area contributed by atoms with E-state index >= 15 is 0 Å². The van der Waals surface area contributed by atoms with E-state index in [4.69, 9.17) is 4.74 Å². The molecule has 138 valence electrons. The van der Waals surface area contributed by atoms with Gasteiger partial charge >= 0.3 is 0 Å². The highest BCUT2D eigenvalue weighted by Crippen LogP contribution is 2.38. The molecule has 27 heavy (non-hydrogen) atoms. The Kier molecular flexibility index (Phi) is 4.32. The first-order valence-corrected chi connectivity index (χ1v) is 8.84. The van der Waals surface area contributed by atoms with Crippen molar-refractivity contribution in [1.82, 2.24) is 9.88 Å². The number of aromatic amines is 1. The lowest BCUT2D eigenvalue weighted by Crippen LogP contribution is -2.30. The van der Waals surface area contributed by atoms with Crippen LogP contribution in [-0.4, -0.2) is 35.9 Å². The zero-order valence-electron chi connectivity index (χ0n) is 15.2. The van der Waals surface area contributed by atoms with Gasteiger partial charge in [-0.25, -0.2) is 0 Å². The summed E-state index contributed by atoms with van der Waals surface area (Å²) in [6, 6.07) is 14.9. The normalized spacial score (nSPS) is 19.5. The molecular weight excluding hydrogens is 342 g/mol. The fourth-order valence-corrected chi connectivity index (χ4v) is 3.75. The van der Waals surface area contributed by atoms with E-state index in [9.17, 15) is 9.59 Å². The van der Waals surface area contributed by atoms with Gasteiger partial charge in [0.2, 0.25) is 11.8 Å². The number of nitrogens with one attached hydrogen (secondary N) is 2. The van der Waals surface area contributed by atoms with Crippen molar-refractivity contribution in [2.45, 2.75) is 12.5 Å². The molecule has 0 spiro atoms. The smallest absolute Gasteiger partial charge is 0.230 e. The Morgan fingerprint density at radius 2 is 2.07 bits per heavy atom. The largest absolute Gasteiger partial charge is 0.497 e. The number of carbonyl (C=O) groups is 2. The van der Waals surface area contributed by atoms with Gasteiger partial charge in [0.25, 0.3) is 0 Å². The van der Waals surface area contributed by atoms with Crippen LogP contribution in [0.4, 0.5) is 5.69 Å². The van der Waals surface area contributed by atoms with Crippen LogP contribution in [0.1, 0.15) is 18.0 Å². The molecule has 2 aromatic carbocycles. The van der Waals surface area contributed by atoms with Crippen molar-refractivity contribution in [3.05, 3.63) is 60.3 Å². The Labute approximate surface area is 157 Å². The van der Waals surface area contributed by atoms with Crippen molar-refractivity contribution >= 4 is 28.4 Å². The third kappa shape index (κ3) is 3.14. The standard InChI is InChI=1S/C21H21N3O3/c1-24-19(25)12-17(20(24)14-4-3-5-16(10-14)27-2)21(26)23-15-7-6-13-8-9-22-18(13)11-15/h3-11,17,20,22H,12H2,1-2H3,(H,23,26)/t17-,20+/m0/s1. The summed E-state index contributed by atoms with van der Waals surface area (Å²) < 4.78 is 5.29. The van der Waals surface area contributed by atoms with E-state index in [1.54, 1.807) is 19.1 Å². The van der Waals surface area contributed by atoms with Crippen molar-refractivity contribution in [3.63, 3.8) is 0 Å². The fraction of sp³-hybridized carbons (Fsp3) is 0.238. The number of fused-ring (bicyclic) bond motifs is 1. The number of benzene rings is 2. The molecule has 1 saturated heterocycles. The number of aromatic nitrogens is 1. The van der Waals surface area contributed by atoms with Crippen LogP contribution in [0.15, 0.2) is 54.7 Å². The van der Waals surface area contributed by atoms with Gasteiger partial charge in [-0.05, 0) is 41.3 Å². The molecule has 1 aliphatic heterocycles. The quantitative estimate of drug-likeness (QED) is 0.747. The summed E-state index contributed by atoms with van der Waals surface area (Å²) in [6.45, 7) is 0. The maximum atomic E-state index is 13.0. The molecule has 4 rings (SSSR count). The molecule has 1 fully saturated rings. The number of carbonyl (C=O) groups excluding carboxylic acids is 2. The lowest BCUT2D eigenvalue weighted by molar-refractivity contribution is -0.127. The van der Waals surface area contributed by atoms with Gasteiger partial charge in [-0.1, -0.05) is 18.2 Å². The second-order valence-electron chi connectivity index (χ2n) is 6.81. The van der Waals surface area contributed by atoms with Crippen LogP contribution < -0.4 is 10.1 Å². The number of H-pyrrole nitrogens is 1. The summed E-state index contributed by atoms with van der Waals surface area (Å²) in [5.74, 6) is 0.0414. The van der Waals surface area contributed by atoms with Gasteiger partial charge in [0.05, 0.1) is 19.1 Å². The van der Waals surface area contributed by atoms with Gasteiger partial charge in [-0.2, -0.15) is 0 Å². The number of ether oxygens (including phenoxy) is 1. The molecule has 2 atom stereocenters. The van der Waals surface area contributed by atoms with Gasteiger partial charge in [0, 0.05) is 30.9 Å². The van der Waals surface area contributed by atoms with Crippen molar-refractivity contribution in [1.29, 1.82) is 0 Å². The van der Waals surface area contributed by atoms with Crippen LogP contribution in [0.5, 0.6) is 5.75 Å². The zero-order valence-corrected chi connectivity index (χ0v) is 15.2. The SMILES string of the molecule is COc1cccc([C@@H]2[C@@H](C(=O)Nc3ccc4cc[nH]c4c3)CC(=O)N2C)c1. The van der Waals surface area contributed by atoms with Crippen LogP contribution >= 0.6 is 0 Å².